The number of hydrogen-bond donors (Lipinski definition) is 2. The molecular formula is C14H21N5O3. The Balaban J connectivity index is 1.81. The third kappa shape index (κ3) is 2.72. The van der Waals surface area contributed by atoms with Gasteiger partial charge >= 0.3 is 0 Å². The van der Waals surface area contributed by atoms with Gasteiger partial charge in [0.2, 0.25) is 0 Å². The standard InChI is InChI=1S/C14H21N5O3/c1-16-2-5-19-13(16)12(8-15-19)14(22)18-4-3-17(6-7-20)9-11(21)10-18/h2,5,8,11,20-21H,3-4,6-7,9-10H2,1H3/t11-/m1/s1. The smallest absolute Gasteiger partial charge is 0.259 e. The minimum atomic E-state index is -0.613. The maximum Gasteiger partial charge on any atom is 0.259 e. The number of aliphatic hydroxyl groups excluding tert-OH is 2. The third-order valence-electron chi connectivity index (χ3n) is 4.05. The van der Waals surface area contributed by atoms with E-state index in [9.17, 15) is 9.90 Å². The second-order valence-corrected chi connectivity index (χ2v) is 5.66. The van der Waals surface area contributed by atoms with Crippen molar-refractivity contribution in [3.05, 3.63) is 24.2 Å². The summed E-state index contributed by atoms with van der Waals surface area (Å²) in [6.45, 7) is 2.49. The molecule has 0 saturated carbocycles. The Morgan fingerprint density at radius 3 is 2.95 bits per heavy atom. The molecule has 1 amide bonds. The van der Waals surface area contributed by atoms with Crippen LogP contribution in [0.1, 0.15) is 10.4 Å². The van der Waals surface area contributed by atoms with Crippen LogP contribution in [0.3, 0.4) is 0 Å². The number of rotatable bonds is 3. The molecule has 8 heteroatoms. The number of aromatic nitrogens is 3. The molecule has 2 aromatic rings. The van der Waals surface area contributed by atoms with Gasteiger partial charge in [-0.15, -0.1) is 0 Å². The number of imidazole rings is 1. The summed E-state index contributed by atoms with van der Waals surface area (Å²) < 4.78 is 3.52. The zero-order chi connectivity index (χ0) is 15.7. The summed E-state index contributed by atoms with van der Waals surface area (Å²) in [7, 11) is 1.87. The lowest BCUT2D eigenvalue weighted by molar-refractivity contribution is 0.0662. The van der Waals surface area contributed by atoms with Crippen LogP contribution < -0.4 is 0 Å². The van der Waals surface area contributed by atoms with Crippen molar-refractivity contribution in [3.63, 3.8) is 0 Å². The average molecular weight is 307 g/mol. The summed E-state index contributed by atoms with van der Waals surface area (Å²) in [5.74, 6) is -0.123. The van der Waals surface area contributed by atoms with E-state index in [-0.39, 0.29) is 12.5 Å². The van der Waals surface area contributed by atoms with E-state index >= 15 is 0 Å². The molecule has 120 valence electrons. The second-order valence-electron chi connectivity index (χ2n) is 5.66. The molecule has 0 bridgehead atoms. The number of β-amino-alcohol motifs (C(OH)–C–C–N with tert-alkyl or cyclic N) is 2. The second kappa shape index (κ2) is 6.07. The topological polar surface area (TPSA) is 86.2 Å². The van der Waals surface area contributed by atoms with Gasteiger partial charge in [-0.25, -0.2) is 4.52 Å². The minimum absolute atomic E-state index is 0.0497. The normalized spacial score (nSPS) is 20.5. The van der Waals surface area contributed by atoms with E-state index in [2.05, 4.69) is 5.10 Å². The van der Waals surface area contributed by atoms with Crippen LogP contribution in [0.5, 0.6) is 0 Å². The molecule has 0 radical (unpaired) electrons. The lowest BCUT2D eigenvalue weighted by Crippen LogP contribution is -2.37. The van der Waals surface area contributed by atoms with Crippen molar-refractivity contribution in [2.75, 3.05) is 39.3 Å². The number of aliphatic hydroxyl groups is 2. The van der Waals surface area contributed by atoms with Crippen molar-refractivity contribution in [1.82, 2.24) is 24.0 Å². The molecule has 0 aliphatic carbocycles. The molecule has 1 fully saturated rings. The highest BCUT2D eigenvalue weighted by molar-refractivity contribution is 5.99. The first-order valence-electron chi connectivity index (χ1n) is 7.39. The summed E-state index contributed by atoms with van der Waals surface area (Å²) >= 11 is 0. The Kier molecular flexibility index (Phi) is 4.14. The van der Waals surface area contributed by atoms with Gasteiger partial charge in [0.15, 0.2) is 0 Å². The predicted octanol–water partition coefficient (Wildman–Crippen LogP) is -1.22. The Hall–Kier alpha value is -1.90. The monoisotopic (exact) mass is 307 g/mol. The van der Waals surface area contributed by atoms with Crippen LogP contribution in [0, 0.1) is 0 Å². The van der Waals surface area contributed by atoms with E-state index in [0.29, 0.717) is 38.3 Å². The van der Waals surface area contributed by atoms with Crippen LogP contribution >= 0.6 is 0 Å². The summed E-state index contributed by atoms with van der Waals surface area (Å²) in [6.07, 6.45) is 4.60. The summed E-state index contributed by atoms with van der Waals surface area (Å²) in [5, 5.41) is 23.3. The number of fused-ring (bicyclic) bond motifs is 1. The average Bonchev–Trinajstić information content (AvgIpc) is 3.00. The maximum atomic E-state index is 12.8. The Morgan fingerprint density at radius 1 is 1.36 bits per heavy atom. The Bertz CT molecular complexity index is 665. The molecule has 0 aromatic carbocycles. The van der Waals surface area contributed by atoms with E-state index < -0.39 is 6.10 Å². The van der Waals surface area contributed by atoms with Gasteiger partial charge in [0, 0.05) is 52.2 Å². The third-order valence-corrected chi connectivity index (χ3v) is 4.05. The van der Waals surface area contributed by atoms with Gasteiger partial charge in [-0.05, 0) is 0 Å². The van der Waals surface area contributed by atoms with Crippen molar-refractivity contribution < 1.29 is 15.0 Å². The van der Waals surface area contributed by atoms with E-state index in [1.54, 1.807) is 21.8 Å². The molecule has 1 atom stereocenters. The summed E-state index contributed by atoms with van der Waals surface area (Å²) in [5.41, 5.74) is 1.28. The van der Waals surface area contributed by atoms with Crippen molar-refractivity contribution in [2.45, 2.75) is 6.10 Å². The molecule has 0 unspecified atom stereocenters. The van der Waals surface area contributed by atoms with Gasteiger partial charge < -0.3 is 19.7 Å². The number of carbonyl (C=O) groups excluding carboxylic acids is 1. The van der Waals surface area contributed by atoms with Crippen molar-refractivity contribution >= 4 is 11.6 Å². The van der Waals surface area contributed by atoms with Crippen molar-refractivity contribution in [3.8, 4) is 0 Å². The Morgan fingerprint density at radius 2 is 2.18 bits per heavy atom. The molecule has 22 heavy (non-hydrogen) atoms. The first-order valence-corrected chi connectivity index (χ1v) is 7.39. The summed E-state index contributed by atoms with van der Waals surface area (Å²) in [4.78, 5) is 16.4. The molecule has 1 aliphatic rings. The van der Waals surface area contributed by atoms with Gasteiger partial charge in [0.05, 0.1) is 18.9 Å². The number of hydrogen-bond acceptors (Lipinski definition) is 5. The summed E-state index contributed by atoms with van der Waals surface area (Å²) in [6, 6.07) is 0. The highest BCUT2D eigenvalue weighted by atomic mass is 16.3. The molecule has 0 spiro atoms. The van der Waals surface area contributed by atoms with Crippen LogP contribution in [-0.2, 0) is 7.05 Å². The van der Waals surface area contributed by atoms with Crippen LogP contribution in [0.15, 0.2) is 18.6 Å². The zero-order valence-electron chi connectivity index (χ0n) is 12.6. The first kappa shape index (κ1) is 15.0. The SMILES string of the molecule is Cn1ccn2ncc(C(=O)N3CCN(CCO)C[C@@H](O)C3)c12. The number of amides is 1. The first-order chi connectivity index (χ1) is 10.6. The highest BCUT2D eigenvalue weighted by Gasteiger charge is 2.27. The van der Waals surface area contributed by atoms with Crippen LogP contribution in [0.2, 0.25) is 0 Å². The van der Waals surface area contributed by atoms with Gasteiger partial charge in [0.25, 0.3) is 5.91 Å². The maximum absolute atomic E-state index is 12.8. The van der Waals surface area contributed by atoms with E-state index in [4.69, 9.17) is 5.11 Å². The van der Waals surface area contributed by atoms with Crippen LogP contribution in [-0.4, -0.2) is 85.5 Å². The van der Waals surface area contributed by atoms with E-state index in [1.807, 2.05) is 22.7 Å². The molecule has 2 N–H and O–H groups in total. The largest absolute Gasteiger partial charge is 0.395 e. The lowest BCUT2D eigenvalue weighted by Gasteiger charge is -2.21. The molecule has 8 nitrogen and oxygen atoms in total. The fourth-order valence-electron chi connectivity index (χ4n) is 2.96. The van der Waals surface area contributed by atoms with E-state index in [0.717, 1.165) is 5.65 Å². The molecule has 3 heterocycles. The van der Waals surface area contributed by atoms with Gasteiger partial charge in [0.1, 0.15) is 11.2 Å². The lowest BCUT2D eigenvalue weighted by atomic mass is 10.2. The molecular weight excluding hydrogens is 286 g/mol. The fraction of sp³-hybridized carbons (Fsp3) is 0.571. The highest BCUT2D eigenvalue weighted by Crippen LogP contribution is 2.15. The van der Waals surface area contributed by atoms with Gasteiger partial charge in [-0.1, -0.05) is 0 Å². The fourth-order valence-corrected chi connectivity index (χ4v) is 2.96. The van der Waals surface area contributed by atoms with Gasteiger partial charge in [-0.2, -0.15) is 5.10 Å². The Labute approximate surface area is 128 Å². The van der Waals surface area contributed by atoms with Crippen LogP contribution in [0.4, 0.5) is 0 Å². The molecule has 2 aromatic heterocycles. The van der Waals surface area contributed by atoms with Crippen molar-refractivity contribution in [2.24, 2.45) is 7.05 Å². The molecule has 1 aliphatic heterocycles. The minimum Gasteiger partial charge on any atom is -0.395 e. The number of nitrogens with zero attached hydrogens (tertiary/aromatic N) is 5. The molecule has 1 saturated heterocycles. The predicted molar refractivity (Wildman–Crippen MR) is 79.6 cm³/mol. The van der Waals surface area contributed by atoms with Gasteiger partial charge in [-0.3, -0.25) is 9.69 Å². The zero-order valence-corrected chi connectivity index (χ0v) is 12.6. The number of carbonyl (C=O) groups is 1. The quantitative estimate of drug-likeness (QED) is 0.743. The van der Waals surface area contributed by atoms with Crippen molar-refractivity contribution in [1.29, 1.82) is 0 Å². The number of aryl methyl sites for hydroxylation is 1. The van der Waals surface area contributed by atoms with E-state index in [1.165, 1.54) is 0 Å². The molecule has 3 rings (SSSR count). The van der Waals surface area contributed by atoms with Crippen LogP contribution in [0.25, 0.3) is 5.65 Å².